The summed E-state index contributed by atoms with van der Waals surface area (Å²) in [6, 6.07) is 7.51. The van der Waals surface area contributed by atoms with Crippen LogP contribution in [0.3, 0.4) is 0 Å². The quantitative estimate of drug-likeness (QED) is 0.809. The van der Waals surface area contributed by atoms with E-state index in [2.05, 4.69) is 0 Å². The Bertz CT molecular complexity index is 452. The van der Waals surface area contributed by atoms with Crippen molar-refractivity contribution in [2.45, 2.75) is 13.8 Å². The predicted octanol–water partition coefficient (Wildman–Crippen LogP) is 1.99. The van der Waals surface area contributed by atoms with E-state index in [4.69, 9.17) is 5.11 Å². The summed E-state index contributed by atoms with van der Waals surface area (Å²) >= 11 is 0. The number of rotatable bonds is 4. The van der Waals surface area contributed by atoms with Crippen molar-refractivity contribution in [2.75, 3.05) is 11.4 Å². The van der Waals surface area contributed by atoms with Gasteiger partial charge in [0.2, 0.25) is 0 Å². The van der Waals surface area contributed by atoms with Crippen molar-refractivity contribution in [2.24, 2.45) is 0 Å². The molecule has 0 bridgehead atoms. The van der Waals surface area contributed by atoms with Crippen molar-refractivity contribution in [1.82, 2.24) is 0 Å². The van der Waals surface area contributed by atoms with Crippen LogP contribution in [0, 0.1) is 6.92 Å². The SMILES string of the molecule is CCN(C(=O)/C=C/C(=O)O)c1cccc(C)c1. The van der Waals surface area contributed by atoms with E-state index in [9.17, 15) is 9.59 Å². The maximum absolute atomic E-state index is 11.8. The first-order valence-electron chi connectivity index (χ1n) is 5.33. The second kappa shape index (κ2) is 5.84. The van der Waals surface area contributed by atoms with Crippen LogP contribution in [0.5, 0.6) is 0 Å². The lowest BCUT2D eigenvalue weighted by Gasteiger charge is -2.19. The van der Waals surface area contributed by atoms with Crippen LogP contribution in [0.15, 0.2) is 36.4 Å². The molecule has 0 aromatic heterocycles. The number of benzene rings is 1. The summed E-state index contributed by atoms with van der Waals surface area (Å²) in [6.07, 6.45) is 1.91. The smallest absolute Gasteiger partial charge is 0.328 e. The number of aryl methyl sites for hydroxylation is 1. The first-order valence-corrected chi connectivity index (χ1v) is 5.33. The third kappa shape index (κ3) is 3.75. The van der Waals surface area contributed by atoms with Gasteiger partial charge in [0.1, 0.15) is 0 Å². The second-order valence-corrected chi connectivity index (χ2v) is 3.59. The molecule has 1 rings (SSSR count). The average Bonchev–Trinajstić information content (AvgIpc) is 2.27. The topological polar surface area (TPSA) is 57.6 Å². The number of carboxylic acids is 1. The van der Waals surface area contributed by atoms with E-state index in [-0.39, 0.29) is 5.91 Å². The van der Waals surface area contributed by atoms with Crippen molar-refractivity contribution in [3.8, 4) is 0 Å². The Kier molecular flexibility index (Phi) is 4.46. The number of carboxylic acid groups (broad SMARTS) is 1. The fraction of sp³-hybridized carbons (Fsp3) is 0.231. The molecule has 0 aliphatic heterocycles. The second-order valence-electron chi connectivity index (χ2n) is 3.59. The number of anilines is 1. The molecule has 4 nitrogen and oxygen atoms in total. The van der Waals surface area contributed by atoms with Gasteiger partial charge >= 0.3 is 5.97 Å². The highest BCUT2D eigenvalue weighted by molar-refractivity contribution is 6.04. The Morgan fingerprint density at radius 3 is 2.59 bits per heavy atom. The van der Waals surface area contributed by atoms with E-state index in [1.54, 1.807) is 0 Å². The van der Waals surface area contributed by atoms with Gasteiger partial charge in [0.25, 0.3) is 5.91 Å². The lowest BCUT2D eigenvalue weighted by Crippen LogP contribution is -2.29. The zero-order valence-electron chi connectivity index (χ0n) is 9.88. The highest BCUT2D eigenvalue weighted by atomic mass is 16.4. The molecule has 0 fully saturated rings. The summed E-state index contributed by atoms with van der Waals surface area (Å²) in [4.78, 5) is 23.6. The van der Waals surface area contributed by atoms with Gasteiger partial charge in [-0.1, -0.05) is 12.1 Å². The molecule has 1 amide bonds. The van der Waals surface area contributed by atoms with Crippen LogP contribution in [-0.4, -0.2) is 23.5 Å². The summed E-state index contributed by atoms with van der Waals surface area (Å²) in [5.74, 6) is -1.46. The minimum Gasteiger partial charge on any atom is -0.478 e. The van der Waals surface area contributed by atoms with Crippen molar-refractivity contribution < 1.29 is 14.7 Å². The van der Waals surface area contributed by atoms with Crippen molar-refractivity contribution in [3.63, 3.8) is 0 Å². The molecule has 0 unspecified atom stereocenters. The molecule has 0 spiro atoms. The van der Waals surface area contributed by atoms with Crippen LogP contribution in [0.2, 0.25) is 0 Å². The monoisotopic (exact) mass is 233 g/mol. The number of likely N-dealkylation sites (N-methyl/N-ethyl adjacent to an activating group) is 1. The number of carbonyl (C=O) groups is 2. The maximum Gasteiger partial charge on any atom is 0.328 e. The molecule has 0 saturated heterocycles. The van der Waals surface area contributed by atoms with Gasteiger partial charge in [-0.3, -0.25) is 4.79 Å². The van der Waals surface area contributed by atoms with E-state index in [0.29, 0.717) is 6.54 Å². The largest absolute Gasteiger partial charge is 0.478 e. The Morgan fingerprint density at radius 2 is 2.06 bits per heavy atom. The normalized spacial score (nSPS) is 10.5. The minimum atomic E-state index is -1.13. The zero-order chi connectivity index (χ0) is 12.8. The highest BCUT2D eigenvalue weighted by Gasteiger charge is 2.11. The lowest BCUT2D eigenvalue weighted by atomic mass is 10.2. The Balaban J connectivity index is 2.92. The summed E-state index contributed by atoms with van der Waals surface area (Å²) in [7, 11) is 0. The van der Waals surface area contributed by atoms with E-state index in [1.807, 2.05) is 38.1 Å². The number of nitrogens with zero attached hydrogens (tertiary/aromatic N) is 1. The maximum atomic E-state index is 11.8. The number of aliphatic carboxylic acids is 1. The van der Waals surface area contributed by atoms with Gasteiger partial charge in [0.15, 0.2) is 0 Å². The number of hydrogen-bond acceptors (Lipinski definition) is 2. The third-order valence-electron chi connectivity index (χ3n) is 2.26. The van der Waals surface area contributed by atoms with Crippen molar-refractivity contribution in [3.05, 3.63) is 42.0 Å². The molecular formula is C13H15NO3. The lowest BCUT2D eigenvalue weighted by molar-refractivity contribution is -0.131. The van der Waals surface area contributed by atoms with E-state index in [1.165, 1.54) is 4.90 Å². The van der Waals surface area contributed by atoms with Crippen LogP contribution >= 0.6 is 0 Å². The molecule has 0 heterocycles. The number of carbonyl (C=O) groups excluding carboxylic acids is 1. The van der Waals surface area contributed by atoms with Gasteiger partial charge in [-0.25, -0.2) is 4.79 Å². The molecule has 0 atom stereocenters. The van der Waals surface area contributed by atoms with Gasteiger partial charge in [0.05, 0.1) is 0 Å². The van der Waals surface area contributed by atoms with Gasteiger partial charge in [-0.15, -0.1) is 0 Å². The molecular weight excluding hydrogens is 218 g/mol. The molecule has 0 aliphatic rings. The minimum absolute atomic E-state index is 0.333. The fourth-order valence-electron chi connectivity index (χ4n) is 1.49. The van der Waals surface area contributed by atoms with Gasteiger partial charge in [-0.2, -0.15) is 0 Å². The summed E-state index contributed by atoms with van der Waals surface area (Å²) in [5.41, 5.74) is 1.82. The van der Waals surface area contributed by atoms with Gasteiger partial charge in [0, 0.05) is 24.4 Å². The Morgan fingerprint density at radius 1 is 1.35 bits per heavy atom. The van der Waals surface area contributed by atoms with Crippen molar-refractivity contribution >= 4 is 17.6 Å². The molecule has 1 N–H and O–H groups in total. The molecule has 0 saturated carbocycles. The zero-order valence-corrected chi connectivity index (χ0v) is 9.88. The summed E-state index contributed by atoms with van der Waals surface area (Å²) in [5, 5.41) is 8.47. The summed E-state index contributed by atoms with van der Waals surface area (Å²) in [6.45, 7) is 4.27. The summed E-state index contributed by atoms with van der Waals surface area (Å²) < 4.78 is 0. The van der Waals surface area contributed by atoms with Crippen LogP contribution < -0.4 is 4.90 Å². The number of hydrogen-bond donors (Lipinski definition) is 1. The van der Waals surface area contributed by atoms with Crippen LogP contribution in [0.4, 0.5) is 5.69 Å². The number of amides is 1. The molecule has 1 aromatic carbocycles. The standard InChI is InChI=1S/C13H15NO3/c1-3-14(12(15)7-8-13(16)17)11-6-4-5-10(2)9-11/h4-9H,3H2,1-2H3,(H,16,17)/b8-7+. The van der Waals surface area contributed by atoms with Crippen LogP contribution in [0.1, 0.15) is 12.5 Å². The molecule has 0 radical (unpaired) electrons. The van der Waals surface area contributed by atoms with Crippen LogP contribution in [0.25, 0.3) is 0 Å². The molecule has 90 valence electrons. The third-order valence-corrected chi connectivity index (χ3v) is 2.26. The molecule has 1 aromatic rings. The Labute approximate surface area is 100 Å². The average molecular weight is 233 g/mol. The van der Waals surface area contributed by atoms with E-state index < -0.39 is 5.97 Å². The first-order chi connectivity index (χ1) is 8.04. The molecule has 4 heteroatoms. The molecule has 0 aliphatic carbocycles. The highest BCUT2D eigenvalue weighted by Crippen LogP contribution is 2.16. The van der Waals surface area contributed by atoms with E-state index in [0.717, 1.165) is 23.4 Å². The Hall–Kier alpha value is -2.10. The van der Waals surface area contributed by atoms with Gasteiger partial charge in [-0.05, 0) is 31.5 Å². The first kappa shape index (κ1) is 13.0. The predicted molar refractivity (Wildman–Crippen MR) is 66.0 cm³/mol. The molecule has 17 heavy (non-hydrogen) atoms. The van der Waals surface area contributed by atoms with E-state index >= 15 is 0 Å². The van der Waals surface area contributed by atoms with Crippen molar-refractivity contribution in [1.29, 1.82) is 0 Å². The van der Waals surface area contributed by atoms with Crippen LogP contribution in [-0.2, 0) is 9.59 Å². The van der Waals surface area contributed by atoms with Gasteiger partial charge < -0.3 is 10.0 Å². The fourth-order valence-corrected chi connectivity index (χ4v) is 1.49.